The molecule has 4 rings (SSSR count). The number of hydrogen-bond donors (Lipinski definition) is 3. The predicted octanol–water partition coefficient (Wildman–Crippen LogP) is 3.50. The topological polar surface area (TPSA) is 120 Å². The maximum Gasteiger partial charge on any atom is 0.276 e. The second kappa shape index (κ2) is 9.81. The number of carbonyl (C=O) groups is 3. The second-order valence-corrected chi connectivity index (χ2v) is 8.24. The SMILES string of the molecule is CCNC(=O)c1c(NC(=O)c2cnccn2)[nH]c2cc(N(C)C(=O)C3CCCCC3)ccc12. The molecule has 1 aliphatic carbocycles. The molecule has 3 amide bonds. The smallest absolute Gasteiger partial charge is 0.276 e. The number of carbonyl (C=O) groups excluding carboxylic acids is 3. The molecule has 2 aromatic heterocycles. The summed E-state index contributed by atoms with van der Waals surface area (Å²) in [5.41, 5.74) is 1.84. The van der Waals surface area contributed by atoms with Crippen LogP contribution < -0.4 is 15.5 Å². The molecule has 1 aromatic carbocycles. The van der Waals surface area contributed by atoms with Gasteiger partial charge in [0.25, 0.3) is 11.8 Å². The summed E-state index contributed by atoms with van der Waals surface area (Å²) in [5, 5.41) is 6.18. The van der Waals surface area contributed by atoms with Gasteiger partial charge in [-0.2, -0.15) is 0 Å². The van der Waals surface area contributed by atoms with E-state index in [1.165, 1.54) is 25.0 Å². The summed E-state index contributed by atoms with van der Waals surface area (Å²) in [5.74, 6) is -0.357. The van der Waals surface area contributed by atoms with Crippen LogP contribution in [0.2, 0.25) is 0 Å². The van der Waals surface area contributed by atoms with Crippen LogP contribution in [-0.4, -0.2) is 46.3 Å². The minimum absolute atomic E-state index is 0.0517. The number of benzene rings is 1. The molecule has 0 radical (unpaired) electrons. The number of amides is 3. The van der Waals surface area contributed by atoms with Crippen molar-refractivity contribution in [2.75, 3.05) is 23.8 Å². The van der Waals surface area contributed by atoms with E-state index in [2.05, 4.69) is 25.6 Å². The van der Waals surface area contributed by atoms with Gasteiger partial charge in [0.15, 0.2) is 0 Å². The highest BCUT2D eigenvalue weighted by Gasteiger charge is 2.26. The van der Waals surface area contributed by atoms with Crippen molar-refractivity contribution in [2.24, 2.45) is 5.92 Å². The lowest BCUT2D eigenvalue weighted by Crippen LogP contribution is -2.33. The highest BCUT2D eigenvalue weighted by atomic mass is 16.2. The number of nitrogens with zero attached hydrogens (tertiary/aromatic N) is 3. The van der Waals surface area contributed by atoms with Gasteiger partial charge in [-0.15, -0.1) is 0 Å². The molecule has 0 spiro atoms. The lowest BCUT2D eigenvalue weighted by Gasteiger charge is -2.26. The molecule has 2 heterocycles. The Hall–Kier alpha value is -3.75. The van der Waals surface area contributed by atoms with Crippen molar-refractivity contribution in [1.29, 1.82) is 0 Å². The zero-order valence-electron chi connectivity index (χ0n) is 18.9. The molecule has 1 fully saturated rings. The fourth-order valence-corrected chi connectivity index (χ4v) is 4.32. The van der Waals surface area contributed by atoms with Gasteiger partial charge in [-0.3, -0.25) is 19.4 Å². The van der Waals surface area contributed by atoms with Crippen LogP contribution >= 0.6 is 0 Å². The number of H-pyrrole nitrogens is 1. The van der Waals surface area contributed by atoms with Gasteiger partial charge in [-0.25, -0.2) is 4.98 Å². The van der Waals surface area contributed by atoms with E-state index >= 15 is 0 Å². The molecule has 9 nitrogen and oxygen atoms in total. The average Bonchev–Trinajstić information content (AvgIpc) is 3.21. The highest BCUT2D eigenvalue weighted by Crippen LogP contribution is 2.32. The van der Waals surface area contributed by atoms with Crippen LogP contribution in [0.1, 0.15) is 59.9 Å². The highest BCUT2D eigenvalue weighted by molar-refractivity contribution is 6.15. The minimum atomic E-state index is -0.481. The Labute approximate surface area is 192 Å². The van der Waals surface area contributed by atoms with E-state index in [9.17, 15) is 14.4 Å². The Morgan fingerprint density at radius 1 is 1.12 bits per heavy atom. The summed E-state index contributed by atoms with van der Waals surface area (Å²) in [6.45, 7) is 2.27. The number of fused-ring (bicyclic) bond motifs is 1. The summed E-state index contributed by atoms with van der Waals surface area (Å²) in [6.07, 6.45) is 9.47. The molecule has 0 unspecified atom stereocenters. The Bertz CT molecular complexity index is 1170. The largest absolute Gasteiger partial charge is 0.352 e. The van der Waals surface area contributed by atoms with Crippen molar-refractivity contribution in [3.63, 3.8) is 0 Å². The Kier molecular flexibility index (Phi) is 6.67. The molecular weight excluding hydrogens is 420 g/mol. The third kappa shape index (κ3) is 4.72. The van der Waals surface area contributed by atoms with Crippen molar-refractivity contribution in [2.45, 2.75) is 39.0 Å². The number of rotatable bonds is 6. The molecule has 0 aliphatic heterocycles. The first-order valence-electron chi connectivity index (χ1n) is 11.3. The summed E-state index contributed by atoms with van der Waals surface area (Å²) >= 11 is 0. The third-order valence-corrected chi connectivity index (χ3v) is 6.05. The van der Waals surface area contributed by atoms with E-state index in [1.807, 2.05) is 19.1 Å². The summed E-state index contributed by atoms with van der Waals surface area (Å²) in [4.78, 5) is 51.2. The molecule has 172 valence electrons. The standard InChI is InChI=1S/C24H28N6O3/c1-3-26-23(32)20-17-10-9-16(30(2)24(33)15-7-5-4-6-8-15)13-18(17)28-21(20)29-22(31)19-14-25-11-12-27-19/h9-15,28H,3-8H2,1-2H3,(H,26,32)(H,29,31). The maximum absolute atomic E-state index is 13.0. The number of aromatic nitrogens is 3. The van der Waals surface area contributed by atoms with Crippen LogP contribution in [0.3, 0.4) is 0 Å². The van der Waals surface area contributed by atoms with E-state index in [0.29, 0.717) is 23.0 Å². The van der Waals surface area contributed by atoms with E-state index in [1.54, 1.807) is 18.0 Å². The molecular formula is C24H28N6O3. The van der Waals surface area contributed by atoms with E-state index in [-0.39, 0.29) is 29.2 Å². The molecule has 0 atom stereocenters. The first kappa shape index (κ1) is 22.4. The number of hydrogen-bond acceptors (Lipinski definition) is 5. The molecule has 1 aliphatic rings. The van der Waals surface area contributed by atoms with Gasteiger partial charge in [-0.1, -0.05) is 19.3 Å². The van der Waals surface area contributed by atoms with Gasteiger partial charge in [0, 0.05) is 48.5 Å². The van der Waals surface area contributed by atoms with E-state index in [4.69, 9.17) is 0 Å². The van der Waals surface area contributed by atoms with Crippen molar-refractivity contribution in [3.8, 4) is 0 Å². The van der Waals surface area contributed by atoms with Crippen molar-refractivity contribution >= 4 is 40.1 Å². The maximum atomic E-state index is 13.0. The summed E-state index contributed by atoms with van der Waals surface area (Å²) in [6, 6.07) is 5.46. The molecule has 3 aromatic rings. The van der Waals surface area contributed by atoms with Gasteiger partial charge in [0.1, 0.15) is 11.5 Å². The lowest BCUT2D eigenvalue weighted by atomic mass is 9.88. The first-order valence-corrected chi connectivity index (χ1v) is 11.3. The van der Waals surface area contributed by atoms with Gasteiger partial charge in [0.2, 0.25) is 5.91 Å². The fourth-order valence-electron chi connectivity index (χ4n) is 4.32. The number of nitrogens with one attached hydrogen (secondary N) is 3. The second-order valence-electron chi connectivity index (χ2n) is 8.24. The molecule has 0 saturated heterocycles. The van der Waals surface area contributed by atoms with Crippen molar-refractivity contribution in [3.05, 3.63) is 48.0 Å². The van der Waals surface area contributed by atoms with Gasteiger partial charge in [-0.05, 0) is 38.0 Å². The normalized spacial score (nSPS) is 14.1. The van der Waals surface area contributed by atoms with Crippen LogP contribution in [0.15, 0.2) is 36.8 Å². The number of anilines is 2. The van der Waals surface area contributed by atoms with E-state index in [0.717, 1.165) is 31.4 Å². The molecule has 3 N–H and O–H groups in total. The summed E-state index contributed by atoms with van der Waals surface area (Å²) < 4.78 is 0. The van der Waals surface area contributed by atoms with Crippen molar-refractivity contribution < 1.29 is 14.4 Å². The Morgan fingerprint density at radius 2 is 1.91 bits per heavy atom. The van der Waals surface area contributed by atoms with Gasteiger partial charge >= 0.3 is 0 Å². The van der Waals surface area contributed by atoms with Gasteiger partial charge < -0.3 is 20.5 Å². The van der Waals surface area contributed by atoms with Crippen LogP contribution in [0.5, 0.6) is 0 Å². The predicted molar refractivity (Wildman–Crippen MR) is 126 cm³/mol. The minimum Gasteiger partial charge on any atom is -0.352 e. The summed E-state index contributed by atoms with van der Waals surface area (Å²) in [7, 11) is 1.78. The number of aromatic amines is 1. The van der Waals surface area contributed by atoms with Crippen molar-refractivity contribution in [1.82, 2.24) is 20.3 Å². The first-order chi connectivity index (χ1) is 16.0. The van der Waals surface area contributed by atoms with E-state index < -0.39 is 5.91 Å². The molecule has 0 bridgehead atoms. The lowest BCUT2D eigenvalue weighted by molar-refractivity contribution is -0.123. The third-order valence-electron chi connectivity index (χ3n) is 6.05. The monoisotopic (exact) mass is 448 g/mol. The zero-order valence-corrected chi connectivity index (χ0v) is 18.9. The van der Waals surface area contributed by atoms with Crippen LogP contribution in [-0.2, 0) is 4.79 Å². The zero-order chi connectivity index (χ0) is 23.4. The Morgan fingerprint density at radius 3 is 2.61 bits per heavy atom. The Balaban J connectivity index is 1.67. The van der Waals surface area contributed by atoms with Crippen LogP contribution in [0.4, 0.5) is 11.5 Å². The van der Waals surface area contributed by atoms with Gasteiger partial charge in [0.05, 0.1) is 11.8 Å². The average molecular weight is 449 g/mol. The fraction of sp³-hybridized carbons (Fsp3) is 0.375. The quantitative estimate of drug-likeness (QED) is 0.533. The van der Waals surface area contributed by atoms with Crippen LogP contribution in [0, 0.1) is 5.92 Å². The molecule has 9 heteroatoms. The van der Waals surface area contributed by atoms with Crippen LogP contribution in [0.25, 0.3) is 10.9 Å². The molecule has 1 saturated carbocycles. The molecule has 33 heavy (non-hydrogen) atoms.